The van der Waals surface area contributed by atoms with Gasteiger partial charge in [0.2, 0.25) is 11.9 Å². The molecule has 7 heteroatoms. The number of piperidine rings is 1. The van der Waals surface area contributed by atoms with E-state index >= 15 is 0 Å². The van der Waals surface area contributed by atoms with Crippen molar-refractivity contribution >= 4 is 28.4 Å². The first-order chi connectivity index (χ1) is 15.0. The third kappa shape index (κ3) is 3.78. The normalized spacial score (nSPS) is 22.9. The summed E-state index contributed by atoms with van der Waals surface area (Å²) >= 11 is 0. The zero-order chi connectivity index (χ0) is 21.5. The molecule has 31 heavy (non-hydrogen) atoms. The van der Waals surface area contributed by atoms with Crippen LogP contribution in [0.3, 0.4) is 0 Å². The SMILES string of the molecule is CC(=O)Nc1cnc(NCC[C@@H]2C[C@@H]3c4cccc5c4c(cn5C)C[C@H]3N(C)C2)nc1. The van der Waals surface area contributed by atoms with Crippen LogP contribution < -0.4 is 10.6 Å². The molecule has 0 bridgehead atoms. The van der Waals surface area contributed by atoms with Crippen LogP contribution in [0.2, 0.25) is 0 Å². The summed E-state index contributed by atoms with van der Waals surface area (Å²) < 4.78 is 2.28. The molecule has 162 valence electrons. The molecule has 2 aromatic heterocycles. The second-order valence-electron chi connectivity index (χ2n) is 9.12. The monoisotopic (exact) mass is 418 g/mol. The fourth-order valence-corrected chi connectivity index (χ4v) is 5.62. The number of hydrogen-bond acceptors (Lipinski definition) is 5. The summed E-state index contributed by atoms with van der Waals surface area (Å²) in [5.41, 5.74) is 5.01. The fourth-order valence-electron chi connectivity index (χ4n) is 5.62. The first kappa shape index (κ1) is 20.0. The Hall–Kier alpha value is -2.93. The van der Waals surface area contributed by atoms with Crippen molar-refractivity contribution < 1.29 is 4.79 Å². The van der Waals surface area contributed by atoms with Gasteiger partial charge >= 0.3 is 0 Å². The van der Waals surface area contributed by atoms with Gasteiger partial charge in [0, 0.05) is 56.1 Å². The van der Waals surface area contributed by atoms with Crippen LogP contribution in [0.15, 0.2) is 36.8 Å². The van der Waals surface area contributed by atoms with E-state index < -0.39 is 0 Å². The molecule has 1 aromatic carbocycles. The third-order valence-electron chi connectivity index (χ3n) is 6.93. The molecule has 5 rings (SSSR count). The van der Waals surface area contributed by atoms with Gasteiger partial charge in [0.15, 0.2) is 0 Å². The van der Waals surface area contributed by atoms with Crippen LogP contribution in [0.4, 0.5) is 11.6 Å². The van der Waals surface area contributed by atoms with E-state index in [4.69, 9.17) is 0 Å². The molecule has 1 saturated heterocycles. The van der Waals surface area contributed by atoms with Crippen LogP contribution in [0.25, 0.3) is 10.9 Å². The van der Waals surface area contributed by atoms with Crippen molar-refractivity contribution in [2.75, 3.05) is 30.8 Å². The Morgan fingerprint density at radius 3 is 2.81 bits per heavy atom. The van der Waals surface area contributed by atoms with Gasteiger partial charge in [0.25, 0.3) is 0 Å². The van der Waals surface area contributed by atoms with Crippen LogP contribution in [-0.2, 0) is 18.3 Å². The van der Waals surface area contributed by atoms with Crippen LogP contribution in [0, 0.1) is 5.92 Å². The number of fused-ring (bicyclic) bond motifs is 2. The molecule has 0 spiro atoms. The number of carbonyl (C=O) groups excluding carboxylic acids is 1. The number of anilines is 2. The molecule has 3 atom stereocenters. The Kier molecular flexibility index (Phi) is 5.14. The van der Waals surface area contributed by atoms with Gasteiger partial charge in [0.1, 0.15) is 0 Å². The minimum Gasteiger partial charge on any atom is -0.354 e. The molecule has 7 nitrogen and oxygen atoms in total. The molecule has 1 amide bonds. The molecule has 1 fully saturated rings. The number of nitrogens with zero attached hydrogens (tertiary/aromatic N) is 4. The number of likely N-dealkylation sites (N-methyl/N-ethyl adjacent to an activating group) is 1. The van der Waals surface area contributed by atoms with Crippen LogP contribution >= 0.6 is 0 Å². The zero-order valence-corrected chi connectivity index (χ0v) is 18.4. The molecule has 1 aliphatic carbocycles. The molecule has 2 aliphatic rings. The lowest BCUT2D eigenvalue weighted by Gasteiger charge is -2.45. The van der Waals surface area contributed by atoms with Crippen molar-refractivity contribution in [3.63, 3.8) is 0 Å². The largest absolute Gasteiger partial charge is 0.354 e. The summed E-state index contributed by atoms with van der Waals surface area (Å²) in [5, 5.41) is 7.52. The van der Waals surface area contributed by atoms with Crippen molar-refractivity contribution in [2.24, 2.45) is 13.0 Å². The van der Waals surface area contributed by atoms with Crippen molar-refractivity contribution in [3.8, 4) is 0 Å². The van der Waals surface area contributed by atoms with Crippen LogP contribution in [0.5, 0.6) is 0 Å². The average Bonchev–Trinajstić information content (AvgIpc) is 3.07. The second-order valence-corrected chi connectivity index (χ2v) is 9.12. The Balaban J connectivity index is 1.25. The molecular weight excluding hydrogens is 388 g/mol. The topological polar surface area (TPSA) is 75.1 Å². The van der Waals surface area contributed by atoms with E-state index in [-0.39, 0.29) is 5.91 Å². The highest BCUT2D eigenvalue weighted by Gasteiger charge is 2.39. The number of amides is 1. The van der Waals surface area contributed by atoms with Crippen LogP contribution in [-0.4, -0.2) is 51.5 Å². The Morgan fingerprint density at radius 2 is 2.03 bits per heavy atom. The van der Waals surface area contributed by atoms with Gasteiger partial charge < -0.3 is 20.1 Å². The molecule has 0 unspecified atom stereocenters. The van der Waals surface area contributed by atoms with Gasteiger partial charge in [-0.1, -0.05) is 12.1 Å². The van der Waals surface area contributed by atoms with E-state index in [0.29, 0.717) is 29.5 Å². The highest BCUT2D eigenvalue weighted by molar-refractivity contribution is 5.89. The highest BCUT2D eigenvalue weighted by Crippen LogP contribution is 2.45. The quantitative estimate of drug-likeness (QED) is 0.664. The van der Waals surface area contributed by atoms with Gasteiger partial charge in [-0.15, -0.1) is 0 Å². The number of carbonyl (C=O) groups is 1. The number of rotatable bonds is 5. The maximum atomic E-state index is 11.1. The van der Waals surface area contributed by atoms with Crippen molar-refractivity contribution in [2.45, 2.75) is 38.1 Å². The van der Waals surface area contributed by atoms with Gasteiger partial charge in [-0.2, -0.15) is 0 Å². The molecular formula is C24H30N6O. The number of hydrogen-bond donors (Lipinski definition) is 2. The first-order valence-corrected chi connectivity index (χ1v) is 11.1. The standard InChI is InChI=1S/C24H30N6O/c1-15(31)28-18-11-26-24(27-12-18)25-8-7-16-9-20-19-5-4-6-21-23(19)17(14-30(21)3)10-22(20)29(2)13-16/h4-6,11-12,14,16,20,22H,7-10,13H2,1-3H3,(H,28,31)(H,25,26,27)/t16-,20-,22-/m1/s1. The van der Waals surface area contributed by atoms with E-state index in [1.54, 1.807) is 12.4 Å². The van der Waals surface area contributed by atoms with Gasteiger partial charge in [0.05, 0.1) is 18.1 Å². The minimum absolute atomic E-state index is 0.120. The summed E-state index contributed by atoms with van der Waals surface area (Å²) in [6.07, 6.45) is 9.06. The molecule has 2 N–H and O–H groups in total. The smallest absolute Gasteiger partial charge is 0.222 e. The van der Waals surface area contributed by atoms with Crippen molar-refractivity contribution in [1.82, 2.24) is 19.4 Å². The first-order valence-electron chi connectivity index (χ1n) is 11.1. The van der Waals surface area contributed by atoms with Crippen molar-refractivity contribution in [1.29, 1.82) is 0 Å². The maximum Gasteiger partial charge on any atom is 0.222 e. The number of likely N-dealkylation sites (tertiary alicyclic amines) is 1. The van der Waals surface area contributed by atoms with Crippen LogP contribution in [0.1, 0.15) is 36.8 Å². The molecule has 1 aliphatic heterocycles. The Morgan fingerprint density at radius 1 is 1.23 bits per heavy atom. The summed E-state index contributed by atoms with van der Waals surface area (Å²) in [7, 11) is 4.45. The Labute approximate surface area is 182 Å². The van der Waals surface area contributed by atoms with Gasteiger partial charge in [-0.25, -0.2) is 9.97 Å². The summed E-state index contributed by atoms with van der Waals surface area (Å²) in [6, 6.07) is 7.40. The van der Waals surface area contributed by atoms with Gasteiger partial charge in [-0.05, 0) is 49.4 Å². The highest BCUT2D eigenvalue weighted by atomic mass is 16.1. The Bertz CT molecular complexity index is 1110. The predicted octanol–water partition coefficient (Wildman–Crippen LogP) is 3.39. The van der Waals surface area contributed by atoms with E-state index in [1.807, 2.05) is 0 Å². The zero-order valence-electron chi connectivity index (χ0n) is 18.4. The minimum atomic E-state index is -0.120. The molecule has 3 heterocycles. The second kappa shape index (κ2) is 7.96. The van der Waals surface area contributed by atoms with E-state index in [9.17, 15) is 4.79 Å². The number of benzene rings is 1. The summed E-state index contributed by atoms with van der Waals surface area (Å²) in [6.45, 7) is 3.45. The lowest BCUT2D eigenvalue weighted by atomic mass is 9.72. The maximum absolute atomic E-state index is 11.1. The lowest BCUT2D eigenvalue weighted by molar-refractivity contribution is -0.114. The van der Waals surface area contributed by atoms with Crippen molar-refractivity contribution in [3.05, 3.63) is 47.9 Å². The van der Waals surface area contributed by atoms with E-state index in [1.165, 1.54) is 35.4 Å². The average molecular weight is 419 g/mol. The molecule has 0 radical (unpaired) electrons. The number of nitrogens with one attached hydrogen (secondary N) is 2. The summed E-state index contributed by atoms with van der Waals surface area (Å²) in [5.74, 6) is 1.71. The van der Waals surface area contributed by atoms with Gasteiger partial charge in [-0.3, -0.25) is 4.79 Å². The third-order valence-corrected chi connectivity index (χ3v) is 6.93. The fraction of sp³-hybridized carbons (Fsp3) is 0.458. The van der Waals surface area contributed by atoms with E-state index in [0.717, 1.165) is 25.9 Å². The predicted molar refractivity (Wildman–Crippen MR) is 123 cm³/mol. The summed E-state index contributed by atoms with van der Waals surface area (Å²) in [4.78, 5) is 22.3. The number of aromatic nitrogens is 3. The molecule has 0 saturated carbocycles. The molecule has 3 aromatic rings. The number of aryl methyl sites for hydroxylation is 1. The van der Waals surface area contributed by atoms with E-state index in [2.05, 4.69) is 68.6 Å². The lowest BCUT2D eigenvalue weighted by Crippen LogP contribution is -2.48.